The van der Waals surface area contributed by atoms with Crippen LogP contribution in [-0.2, 0) is 9.59 Å². The molecule has 1 N–H and O–H groups in total. The fourth-order valence-electron chi connectivity index (χ4n) is 2.18. The molecule has 0 radical (unpaired) electrons. The van der Waals surface area contributed by atoms with Gasteiger partial charge < -0.3 is 15.0 Å². The molecule has 0 saturated carbocycles. The van der Waals surface area contributed by atoms with Crippen molar-refractivity contribution in [3.63, 3.8) is 0 Å². The highest BCUT2D eigenvalue weighted by atomic mass is 16.5. The Balaban J connectivity index is 1.89. The second-order valence-corrected chi connectivity index (χ2v) is 5.63. The number of carbonyl (C=O) groups excluding carboxylic acids is 2. The van der Waals surface area contributed by atoms with Crippen molar-refractivity contribution in [3.05, 3.63) is 24.3 Å². The van der Waals surface area contributed by atoms with E-state index in [2.05, 4.69) is 5.32 Å². The van der Waals surface area contributed by atoms with Crippen molar-refractivity contribution >= 4 is 17.5 Å². The van der Waals surface area contributed by atoms with Gasteiger partial charge in [0.15, 0.2) is 6.61 Å². The lowest BCUT2D eigenvalue weighted by Gasteiger charge is -2.16. The molecule has 1 aromatic rings. The molecule has 2 amide bonds. The molecule has 1 heterocycles. The van der Waals surface area contributed by atoms with Gasteiger partial charge in [0.25, 0.3) is 5.91 Å². The standard InChI is InChI=1S/C16H22N2O3/c1-12(2)10-17-15(19)11-21-14-6-3-5-13(9-14)18-8-4-7-16(18)20/h3,5-6,9,12H,4,7-8,10-11H2,1-2H3,(H,17,19). The van der Waals surface area contributed by atoms with Gasteiger partial charge in [0, 0.05) is 31.3 Å². The number of benzene rings is 1. The van der Waals surface area contributed by atoms with Crippen LogP contribution < -0.4 is 15.0 Å². The van der Waals surface area contributed by atoms with Gasteiger partial charge in [0.05, 0.1) is 0 Å². The topological polar surface area (TPSA) is 58.6 Å². The van der Waals surface area contributed by atoms with Crippen LogP contribution in [0.3, 0.4) is 0 Å². The van der Waals surface area contributed by atoms with Crippen molar-refractivity contribution in [2.45, 2.75) is 26.7 Å². The predicted molar refractivity (Wildman–Crippen MR) is 81.4 cm³/mol. The van der Waals surface area contributed by atoms with E-state index in [0.29, 0.717) is 24.6 Å². The van der Waals surface area contributed by atoms with Gasteiger partial charge in [0.2, 0.25) is 5.91 Å². The van der Waals surface area contributed by atoms with Gasteiger partial charge in [-0.3, -0.25) is 9.59 Å². The molecule has 1 aromatic carbocycles. The molecule has 0 spiro atoms. The van der Waals surface area contributed by atoms with Crippen LogP contribution in [0.2, 0.25) is 0 Å². The number of amides is 2. The van der Waals surface area contributed by atoms with E-state index in [-0.39, 0.29) is 18.4 Å². The van der Waals surface area contributed by atoms with Crippen LogP contribution in [0.15, 0.2) is 24.3 Å². The molecule has 1 aliphatic heterocycles. The van der Waals surface area contributed by atoms with Gasteiger partial charge in [-0.2, -0.15) is 0 Å². The van der Waals surface area contributed by atoms with Crippen molar-refractivity contribution in [3.8, 4) is 5.75 Å². The zero-order valence-corrected chi connectivity index (χ0v) is 12.6. The van der Waals surface area contributed by atoms with Crippen molar-refractivity contribution in [2.75, 3.05) is 24.6 Å². The lowest BCUT2D eigenvalue weighted by atomic mass is 10.2. The van der Waals surface area contributed by atoms with Gasteiger partial charge in [-0.1, -0.05) is 19.9 Å². The summed E-state index contributed by atoms with van der Waals surface area (Å²) in [6.45, 7) is 5.46. The molecule has 0 aromatic heterocycles. The smallest absolute Gasteiger partial charge is 0.257 e. The first-order valence-corrected chi connectivity index (χ1v) is 7.36. The summed E-state index contributed by atoms with van der Waals surface area (Å²) >= 11 is 0. The van der Waals surface area contributed by atoms with Crippen LogP contribution in [0, 0.1) is 5.92 Å². The zero-order chi connectivity index (χ0) is 15.2. The third-order valence-corrected chi connectivity index (χ3v) is 3.28. The maximum atomic E-state index is 11.7. The lowest BCUT2D eigenvalue weighted by Crippen LogP contribution is -2.31. The third-order valence-electron chi connectivity index (χ3n) is 3.28. The summed E-state index contributed by atoms with van der Waals surface area (Å²) in [6, 6.07) is 7.32. The quantitative estimate of drug-likeness (QED) is 0.871. The number of nitrogens with zero attached hydrogens (tertiary/aromatic N) is 1. The highest BCUT2D eigenvalue weighted by molar-refractivity contribution is 5.95. The summed E-state index contributed by atoms with van der Waals surface area (Å²) in [4.78, 5) is 25.1. The average molecular weight is 290 g/mol. The van der Waals surface area contributed by atoms with E-state index >= 15 is 0 Å². The summed E-state index contributed by atoms with van der Waals surface area (Å²) < 4.78 is 5.49. The first-order valence-electron chi connectivity index (χ1n) is 7.36. The largest absolute Gasteiger partial charge is 0.484 e. The molecular formula is C16H22N2O3. The van der Waals surface area contributed by atoms with E-state index in [1.807, 2.05) is 26.0 Å². The minimum absolute atomic E-state index is 0.00980. The molecule has 5 heteroatoms. The Bertz CT molecular complexity index is 514. The monoisotopic (exact) mass is 290 g/mol. The van der Waals surface area contributed by atoms with Crippen molar-refractivity contribution < 1.29 is 14.3 Å². The first kappa shape index (κ1) is 15.4. The van der Waals surface area contributed by atoms with Crippen molar-refractivity contribution in [2.24, 2.45) is 5.92 Å². The number of rotatable bonds is 6. The van der Waals surface area contributed by atoms with E-state index in [1.165, 1.54) is 0 Å². The number of hydrogen-bond acceptors (Lipinski definition) is 3. The Hall–Kier alpha value is -2.04. The zero-order valence-electron chi connectivity index (χ0n) is 12.6. The molecule has 1 aliphatic rings. The maximum absolute atomic E-state index is 11.7. The van der Waals surface area contributed by atoms with E-state index < -0.39 is 0 Å². The molecule has 0 unspecified atom stereocenters. The summed E-state index contributed by atoms with van der Waals surface area (Å²) in [6.07, 6.45) is 1.49. The normalized spacial score (nSPS) is 14.6. The molecular weight excluding hydrogens is 268 g/mol. The second kappa shape index (κ2) is 7.11. The predicted octanol–water partition coefficient (Wildman–Crippen LogP) is 1.96. The van der Waals surface area contributed by atoms with Crippen LogP contribution in [0.25, 0.3) is 0 Å². The Morgan fingerprint density at radius 1 is 1.43 bits per heavy atom. The molecule has 0 aliphatic carbocycles. The highest BCUT2D eigenvalue weighted by Gasteiger charge is 2.21. The molecule has 21 heavy (non-hydrogen) atoms. The van der Waals surface area contributed by atoms with Crippen molar-refractivity contribution in [1.29, 1.82) is 0 Å². The minimum atomic E-state index is -0.133. The fourth-order valence-corrected chi connectivity index (χ4v) is 2.18. The molecule has 1 saturated heterocycles. The summed E-state index contributed by atoms with van der Waals surface area (Å²) in [5.41, 5.74) is 0.831. The van der Waals surface area contributed by atoms with Crippen molar-refractivity contribution in [1.82, 2.24) is 5.32 Å². The van der Waals surface area contributed by atoms with Gasteiger partial charge in [-0.25, -0.2) is 0 Å². The van der Waals surface area contributed by atoms with Crippen LogP contribution >= 0.6 is 0 Å². The third kappa shape index (κ3) is 4.48. The fraction of sp³-hybridized carbons (Fsp3) is 0.500. The SMILES string of the molecule is CC(C)CNC(=O)COc1cccc(N2CCCC2=O)c1. The van der Waals surface area contributed by atoms with Gasteiger partial charge in [-0.15, -0.1) is 0 Å². The molecule has 1 fully saturated rings. The molecule has 0 bridgehead atoms. The lowest BCUT2D eigenvalue weighted by molar-refractivity contribution is -0.123. The van der Waals surface area contributed by atoms with Crippen LogP contribution in [0.1, 0.15) is 26.7 Å². The first-order chi connectivity index (χ1) is 10.1. The Kier molecular flexibility index (Phi) is 5.20. The minimum Gasteiger partial charge on any atom is -0.484 e. The Labute approximate surface area is 125 Å². The summed E-state index contributed by atoms with van der Waals surface area (Å²) in [7, 11) is 0. The van der Waals surface area contributed by atoms with E-state index in [9.17, 15) is 9.59 Å². The van der Waals surface area contributed by atoms with Crippen LogP contribution in [0.5, 0.6) is 5.75 Å². The van der Waals surface area contributed by atoms with Crippen LogP contribution in [-0.4, -0.2) is 31.5 Å². The van der Waals surface area contributed by atoms with E-state index in [0.717, 1.165) is 18.7 Å². The summed E-state index contributed by atoms with van der Waals surface area (Å²) in [5.74, 6) is 1.03. The maximum Gasteiger partial charge on any atom is 0.257 e. The number of nitrogens with one attached hydrogen (secondary N) is 1. The Morgan fingerprint density at radius 2 is 2.24 bits per heavy atom. The highest BCUT2D eigenvalue weighted by Crippen LogP contribution is 2.25. The van der Waals surface area contributed by atoms with Gasteiger partial charge in [0.1, 0.15) is 5.75 Å². The molecule has 2 rings (SSSR count). The van der Waals surface area contributed by atoms with Crippen LogP contribution in [0.4, 0.5) is 5.69 Å². The van der Waals surface area contributed by atoms with E-state index in [1.54, 1.807) is 17.0 Å². The molecule has 114 valence electrons. The summed E-state index contributed by atoms with van der Waals surface area (Å²) in [5, 5.41) is 2.80. The molecule has 0 atom stereocenters. The van der Waals surface area contributed by atoms with Gasteiger partial charge >= 0.3 is 0 Å². The number of anilines is 1. The van der Waals surface area contributed by atoms with E-state index in [4.69, 9.17) is 4.74 Å². The molecule has 5 nitrogen and oxygen atoms in total. The average Bonchev–Trinajstić information content (AvgIpc) is 2.89. The second-order valence-electron chi connectivity index (χ2n) is 5.63. The number of ether oxygens (including phenoxy) is 1. The number of hydrogen-bond donors (Lipinski definition) is 1. The van der Waals surface area contributed by atoms with Gasteiger partial charge in [-0.05, 0) is 24.5 Å². The number of carbonyl (C=O) groups is 2. The Morgan fingerprint density at radius 3 is 2.90 bits per heavy atom.